The Balaban J connectivity index is 2.07. The maximum Gasteiger partial charge on any atom is 0.335 e. The minimum atomic E-state index is -1.00. The van der Waals surface area contributed by atoms with E-state index < -0.39 is 5.97 Å². The summed E-state index contributed by atoms with van der Waals surface area (Å²) < 4.78 is 0. The van der Waals surface area contributed by atoms with Crippen LogP contribution in [0.5, 0.6) is 0 Å². The topological polar surface area (TPSA) is 99.1 Å². The quantitative estimate of drug-likeness (QED) is 0.739. The fourth-order valence-corrected chi connectivity index (χ4v) is 1.75. The number of carbonyl (C=O) groups is 1. The van der Waals surface area contributed by atoms with Gasteiger partial charge >= 0.3 is 5.97 Å². The molecule has 0 bridgehead atoms. The molecule has 20 heavy (non-hydrogen) atoms. The Morgan fingerprint density at radius 3 is 2.50 bits per heavy atom. The van der Waals surface area contributed by atoms with Crippen LogP contribution in [-0.4, -0.2) is 11.1 Å². The number of rotatable bonds is 4. The van der Waals surface area contributed by atoms with E-state index in [9.17, 15) is 4.79 Å². The number of aromatic carboxylic acids is 1. The molecule has 0 radical (unpaired) electrons. The molecule has 0 aliphatic carbocycles. The molecule has 0 unspecified atom stereocenters. The van der Waals surface area contributed by atoms with Gasteiger partial charge in [0.2, 0.25) is 0 Å². The van der Waals surface area contributed by atoms with Crippen molar-refractivity contribution in [1.82, 2.24) is 0 Å². The van der Waals surface area contributed by atoms with Crippen LogP contribution in [0.3, 0.4) is 0 Å². The van der Waals surface area contributed by atoms with Crippen LogP contribution in [-0.2, 0) is 6.54 Å². The van der Waals surface area contributed by atoms with Crippen LogP contribution >= 0.6 is 0 Å². The number of nitrogens with one attached hydrogen (secondary N) is 1. The van der Waals surface area contributed by atoms with Gasteiger partial charge in [0, 0.05) is 6.54 Å². The Kier molecular flexibility index (Phi) is 3.87. The van der Waals surface area contributed by atoms with Crippen LogP contribution in [0, 0.1) is 11.3 Å². The lowest BCUT2D eigenvalue weighted by atomic mass is 10.1. The first kappa shape index (κ1) is 13.4. The summed E-state index contributed by atoms with van der Waals surface area (Å²) >= 11 is 0. The second-order valence-electron chi connectivity index (χ2n) is 4.27. The average molecular weight is 267 g/mol. The van der Waals surface area contributed by atoms with Crippen molar-refractivity contribution in [2.24, 2.45) is 0 Å². The zero-order valence-electron chi connectivity index (χ0n) is 10.6. The van der Waals surface area contributed by atoms with E-state index in [1.807, 2.05) is 12.1 Å². The van der Waals surface area contributed by atoms with E-state index >= 15 is 0 Å². The number of carboxylic acid groups (broad SMARTS) is 1. The Hall–Kier alpha value is -3.00. The average Bonchev–Trinajstić information content (AvgIpc) is 2.46. The predicted octanol–water partition coefficient (Wildman–Crippen LogP) is 2.45. The van der Waals surface area contributed by atoms with Crippen LogP contribution < -0.4 is 11.1 Å². The molecule has 0 amide bonds. The van der Waals surface area contributed by atoms with Gasteiger partial charge in [0.1, 0.15) is 0 Å². The van der Waals surface area contributed by atoms with Gasteiger partial charge in [-0.3, -0.25) is 0 Å². The fourth-order valence-electron chi connectivity index (χ4n) is 1.75. The minimum absolute atomic E-state index is 0.159. The molecule has 0 aliphatic heterocycles. The summed E-state index contributed by atoms with van der Waals surface area (Å²) in [7, 11) is 0. The van der Waals surface area contributed by atoms with Crippen LogP contribution in [0.15, 0.2) is 42.5 Å². The summed E-state index contributed by atoms with van der Waals surface area (Å²) in [6.07, 6.45) is 0. The largest absolute Gasteiger partial charge is 0.478 e. The smallest absolute Gasteiger partial charge is 0.335 e. The lowest BCUT2D eigenvalue weighted by Gasteiger charge is -2.10. The van der Waals surface area contributed by atoms with Gasteiger partial charge in [-0.25, -0.2) is 4.79 Å². The number of nitrogens with zero attached hydrogens (tertiary/aromatic N) is 1. The Morgan fingerprint density at radius 2 is 1.95 bits per heavy atom. The standard InChI is InChI=1S/C15H13N3O2/c16-8-10-1-3-11(4-2-10)9-18-14-6-5-12(15(19)20)7-13(14)17/h1-7,18H,9,17H2,(H,19,20). The van der Waals surface area contributed by atoms with E-state index in [4.69, 9.17) is 16.1 Å². The molecule has 0 saturated carbocycles. The Bertz CT molecular complexity index is 673. The molecule has 0 fully saturated rings. The molecular formula is C15H13N3O2. The third kappa shape index (κ3) is 3.06. The van der Waals surface area contributed by atoms with Crippen molar-refractivity contribution in [2.45, 2.75) is 6.54 Å². The zero-order chi connectivity index (χ0) is 14.5. The molecule has 2 aromatic rings. The maximum absolute atomic E-state index is 10.8. The zero-order valence-corrected chi connectivity index (χ0v) is 10.6. The van der Waals surface area contributed by atoms with Gasteiger partial charge < -0.3 is 16.2 Å². The molecule has 5 heteroatoms. The number of hydrogen-bond acceptors (Lipinski definition) is 4. The number of nitrogen functional groups attached to an aromatic ring is 1. The van der Waals surface area contributed by atoms with Gasteiger partial charge in [-0.05, 0) is 35.9 Å². The van der Waals surface area contributed by atoms with Gasteiger partial charge in [0.15, 0.2) is 0 Å². The van der Waals surface area contributed by atoms with Gasteiger partial charge in [-0.1, -0.05) is 12.1 Å². The van der Waals surface area contributed by atoms with E-state index in [2.05, 4.69) is 11.4 Å². The molecule has 0 heterocycles. The second kappa shape index (κ2) is 5.76. The predicted molar refractivity (Wildman–Crippen MR) is 76.3 cm³/mol. The number of anilines is 2. The molecule has 0 aromatic heterocycles. The van der Waals surface area contributed by atoms with Gasteiger partial charge in [0.25, 0.3) is 0 Å². The highest BCUT2D eigenvalue weighted by Gasteiger charge is 2.06. The lowest BCUT2D eigenvalue weighted by molar-refractivity contribution is 0.0697. The Morgan fingerprint density at radius 1 is 1.25 bits per heavy atom. The van der Waals surface area contributed by atoms with Crippen LogP contribution in [0.2, 0.25) is 0 Å². The van der Waals surface area contributed by atoms with E-state index in [1.165, 1.54) is 12.1 Å². The number of benzene rings is 2. The van der Waals surface area contributed by atoms with E-state index in [0.29, 0.717) is 23.5 Å². The van der Waals surface area contributed by atoms with Gasteiger partial charge in [-0.2, -0.15) is 5.26 Å². The molecule has 2 aromatic carbocycles. The fraction of sp³-hybridized carbons (Fsp3) is 0.0667. The summed E-state index contributed by atoms with van der Waals surface area (Å²) in [5, 5.41) is 20.7. The molecule has 5 nitrogen and oxygen atoms in total. The summed E-state index contributed by atoms with van der Waals surface area (Å²) in [5.41, 5.74) is 8.64. The highest BCUT2D eigenvalue weighted by molar-refractivity contribution is 5.90. The highest BCUT2D eigenvalue weighted by atomic mass is 16.4. The number of nitriles is 1. The van der Waals surface area contributed by atoms with Crippen molar-refractivity contribution in [3.8, 4) is 6.07 Å². The monoisotopic (exact) mass is 267 g/mol. The molecule has 0 saturated heterocycles. The van der Waals surface area contributed by atoms with E-state index in [-0.39, 0.29) is 5.56 Å². The van der Waals surface area contributed by atoms with Crippen molar-refractivity contribution in [2.75, 3.05) is 11.1 Å². The first-order valence-electron chi connectivity index (χ1n) is 5.96. The van der Waals surface area contributed by atoms with Crippen LogP contribution in [0.4, 0.5) is 11.4 Å². The number of carboxylic acids is 1. The lowest BCUT2D eigenvalue weighted by Crippen LogP contribution is -2.04. The van der Waals surface area contributed by atoms with Crippen molar-refractivity contribution in [3.05, 3.63) is 59.2 Å². The summed E-state index contributed by atoms with van der Waals surface area (Å²) in [6.45, 7) is 0.544. The molecule has 4 N–H and O–H groups in total. The Labute approximate surface area is 116 Å². The number of hydrogen-bond donors (Lipinski definition) is 3. The van der Waals surface area contributed by atoms with Crippen LogP contribution in [0.1, 0.15) is 21.5 Å². The molecular weight excluding hydrogens is 254 g/mol. The van der Waals surface area contributed by atoms with Crippen molar-refractivity contribution in [1.29, 1.82) is 5.26 Å². The van der Waals surface area contributed by atoms with E-state index in [1.54, 1.807) is 18.2 Å². The molecule has 0 spiro atoms. The maximum atomic E-state index is 10.8. The van der Waals surface area contributed by atoms with Gasteiger partial charge in [-0.15, -0.1) is 0 Å². The molecule has 2 rings (SSSR count). The minimum Gasteiger partial charge on any atom is -0.478 e. The summed E-state index contributed by atoms with van der Waals surface area (Å²) in [4.78, 5) is 10.8. The van der Waals surface area contributed by atoms with Crippen LogP contribution in [0.25, 0.3) is 0 Å². The third-order valence-corrected chi connectivity index (χ3v) is 2.86. The van der Waals surface area contributed by atoms with E-state index in [0.717, 1.165) is 5.56 Å². The highest BCUT2D eigenvalue weighted by Crippen LogP contribution is 2.20. The second-order valence-corrected chi connectivity index (χ2v) is 4.27. The van der Waals surface area contributed by atoms with Gasteiger partial charge in [0.05, 0.1) is 28.6 Å². The molecule has 100 valence electrons. The first-order chi connectivity index (χ1) is 9.60. The van der Waals surface area contributed by atoms with Crippen molar-refractivity contribution >= 4 is 17.3 Å². The van der Waals surface area contributed by atoms with Crippen molar-refractivity contribution in [3.63, 3.8) is 0 Å². The summed E-state index contributed by atoms with van der Waals surface area (Å²) in [6, 6.07) is 13.8. The molecule has 0 atom stereocenters. The molecule has 0 aliphatic rings. The number of nitrogens with two attached hydrogens (primary N) is 1. The first-order valence-corrected chi connectivity index (χ1v) is 5.96. The SMILES string of the molecule is N#Cc1ccc(CNc2ccc(C(=O)O)cc2N)cc1. The van der Waals surface area contributed by atoms with Crippen molar-refractivity contribution < 1.29 is 9.90 Å². The normalized spacial score (nSPS) is 9.75. The summed E-state index contributed by atoms with van der Waals surface area (Å²) in [5.74, 6) is -1.00. The third-order valence-electron chi connectivity index (χ3n) is 2.86.